The lowest BCUT2D eigenvalue weighted by atomic mass is 10.1. The van der Waals surface area contributed by atoms with Crippen LogP contribution in [0.3, 0.4) is 0 Å². The molecule has 1 aliphatic rings. The highest BCUT2D eigenvalue weighted by Gasteiger charge is 2.30. The Kier molecular flexibility index (Phi) is 5.91. The van der Waals surface area contributed by atoms with Crippen molar-refractivity contribution in [2.45, 2.75) is 18.6 Å². The molecule has 7 heteroatoms. The van der Waals surface area contributed by atoms with Crippen LogP contribution in [-0.4, -0.2) is 48.9 Å². The van der Waals surface area contributed by atoms with Crippen LogP contribution in [0.25, 0.3) is 0 Å². The second-order valence-corrected chi connectivity index (χ2v) is 6.83. The highest BCUT2D eigenvalue weighted by atomic mass is 32.1. The summed E-state index contributed by atoms with van der Waals surface area (Å²) in [5, 5.41) is 15.2. The molecule has 0 aliphatic carbocycles. The number of hydrogen-bond donors (Lipinski definition) is 2. The largest absolute Gasteiger partial charge is 0.497 e. The number of urea groups is 1. The van der Waals surface area contributed by atoms with Gasteiger partial charge in [-0.25, -0.2) is 4.79 Å². The van der Waals surface area contributed by atoms with E-state index in [9.17, 15) is 9.90 Å². The minimum Gasteiger partial charge on any atom is -0.497 e. The minimum absolute atomic E-state index is 0.170. The highest BCUT2D eigenvalue weighted by Crippen LogP contribution is 2.26. The quantitative estimate of drug-likeness (QED) is 0.857. The number of carbonyl (C=O) groups excluding carboxylic acids is 1. The van der Waals surface area contributed by atoms with E-state index in [0.717, 1.165) is 4.88 Å². The van der Waals surface area contributed by atoms with Gasteiger partial charge in [-0.05, 0) is 23.6 Å². The second-order valence-electron chi connectivity index (χ2n) is 5.85. The van der Waals surface area contributed by atoms with Gasteiger partial charge in [-0.3, -0.25) is 0 Å². The number of aliphatic hydroxyl groups excluding tert-OH is 1. The molecule has 0 unspecified atom stereocenters. The molecule has 2 N–H and O–H groups in total. The summed E-state index contributed by atoms with van der Waals surface area (Å²) < 4.78 is 10.7. The zero-order valence-electron chi connectivity index (χ0n) is 14.1. The fraction of sp³-hybridized carbons (Fsp3) is 0.389. The Bertz CT molecular complexity index is 692. The van der Waals surface area contributed by atoms with Crippen LogP contribution in [0.5, 0.6) is 5.75 Å². The minimum atomic E-state index is -0.598. The third-order valence-electron chi connectivity index (χ3n) is 4.18. The van der Waals surface area contributed by atoms with Crippen LogP contribution >= 0.6 is 11.3 Å². The van der Waals surface area contributed by atoms with E-state index in [2.05, 4.69) is 5.32 Å². The highest BCUT2D eigenvalue weighted by molar-refractivity contribution is 7.10. The molecule has 0 spiro atoms. The molecule has 0 saturated carbocycles. The molecule has 6 nitrogen and oxygen atoms in total. The van der Waals surface area contributed by atoms with E-state index in [1.54, 1.807) is 18.1 Å². The maximum Gasteiger partial charge on any atom is 0.322 e. The zero-order valence-corrected chi connectivity index (χ0v) is 14.9. The van der Waals surface area contributed by atoms with Gasteiger partial charge in [0.25, 0.3) is 0 Å². The lowest BCUT2D eigenvalue weighted by Crippen LogP contribution is -2.50. The molecule has 134 valence electrons. The number of anilines is 1. The zero-order chi connectivity index (χ0) is 17.6. The molecule has 1 fully saturated rings. The van der Waals surface area contributed by atoms with Gasteiger partial charge < -0.3 is 24.8 Å². The van der Waals surface area contributed by atoms with E-state index in [-0.39, 0.29) is 12.1 Å². The molecule has 25 heavy (non-hydrogen) atoms. The first-order valence-corrected chi connectivity index (χ1v) is 9.06. The van der Waals surface area contributed by atoms with Gasteiger partial charge in [0.15, 0.2) is 0 Å². The Labute approximate surface area is 151 Å². The summed E-state index contributed by atoms with van der Waals surface area (Å²) in [6, 6.07) is 10.7. The van der Waals surface area contributed by atoms with Crippen LogP contribution < -0.4 is 10.1 Å². The number of benzene rings is 1. The first kappa shape index (κ1) is 17.7. The maximum absolute atomic E-state index is 12.7. The summed E-state index contributed by atoms with van der Waals surface area (Å²) >= 11 is 1.51. The van der Waals surface area contributed by atoms with E-state index in [1.165, 1.54) is 11.3 Å². The van der Waals surface area contributed by atoms with Crippen LogP contribution in [0.2, 0.25) is 0 Å². The fourth-order valence-corrected chi connectivity index (χ4v) is 3.59. The average Bonchev–Trinajstić information content (AvgIpc) is 3.17. The molecule has 3 rings (SSSR count). The first-order valence-electron chi connectivity index (χ1n) is 8.18. The molecule has 2 amide bonds. The number of morpholine rings is 1. The van der Waals surface area contributed by atoms with E-state index in [0.29, 0.717) is 37.6 Å². The number of nitrogens with one attached hydrogen (secondary N) is 1. The molecule has 0 radical (unpaired) electrons. The molecular weight excluding hydrogens is 340 g/mol. The van der Waals surface area contributed by atoms with E-state index >= 15 is 0 Å². The SMILES string of the molecule is COc1cccc(NC(=O)N2CCOC[C@@H]2C[C@H](O)c2cccs2)c1. The van der Waals surface area contributed by atoms with Gasteiger partial charge in [-0.15, -0.1) is 11.3 Å². The third kappa shape index (κ3) is 4.50. The maximum atomic E-state index is 12.7. The lowest BCUT2D eigenvalue weighted by molar-refractivity contribution is -0.00382. The van der Waals surface area contributed by atoms with Crippen molar-refractivity contribution in [3.63, 3.8) is 0 Å². The molecule has 1 aliphatic heterocycles. The topological polar surface area (TPSA) is 71.0 Å². The third-order valence-corrected chi connectivity index (χ3v) is 5.15. The van der Waals surface area contributed by atoms with Crippen LogP contribution in [-0.2, 0) is 4.74 Å². The number of thiophene rings is 1. The number of carbonyl (C=O) groups is 1. The number of rotatable bonds is 5. The number of aliphatic hydroxyl groups is 1. The summed E-state index contributed by atoms with van der Waals surface area (Å²) in [6.45, 7) is 1.42. The van der Waals surface area contributed by atoms with E-state index in [1.807, 2.05) is 35.7 Å². The van der Waals surface area contributed by atoms with Crippen molar-refractivity contribution in [1.82, 2.24) is 4.90 Å². The van der Waals surface area contributed by atoms with Crippen molar-refractivity contribution in [3.05, 3.63) is 46.7 Å². The smallest absolute Gasteiger partial charge is 0.322 e. The van der Waals surface area contributed by atoms with Crippen molar-refractivity contribution < 1.29 is 19.4 Å². The Hall–Kier alpha value is -2.09. The van der Waals surface area contributed by atoms with Crippen molar-refractivity contribution in [3.8, 4) is 5.75 Å². The molecule has 1 aromatic heterocycles. The standard InChI is InChI=1S/C18H22N2O4S/c1-23-15-5-2-4-13(10-15)19-18(22)20-7-8-24-12-14(20)11-16(21)17-6-3-9-25-17/h2-6,9-10,14,16,21H,7-8,11-12H2,1H3,(H,19,22)/t14-,16-/m0/s1. The van der Waals surface area contributed by atoms with Crippen LogP contribution in [0.4, 0.5) is 10.5 Å². The Balaban J connectivity index is 1.66. The summed E-state index contributed by atoms with van der Waals surface area (Å²) in [5.41, 5.74) is 0.674. The van der Waals surface area contributed by atoms with Gasteiger partial charge in [-0.2, -0.15) is 0 Å². The molecule has 2 atom stereocenters. The second kappa shape index (κ2) is 8.33. The Morgan fingerprint density at radius 2 is 2.36 bits per heavy atom. The van der Waals surface area contributed by atoms with Gasteiger partial charge in [0, 0.05) is 29.6 Å². The molecule has 0 bridgehead atoms. The van der Waals surface area contributed by atoms with Crippen LogP contribution in [0, 0.1) is 0 Å². The van der Waals surface area contributed by atoms with Crippen molar-refractivity contribution in [2.24, 2.45) is 0 Å². The number of amides is 2. The summed E-state index contributed by atoms with van der Waals surface area (Å²) in [5.74, 6) is 0.685. The first-order chi connectivity index (χ1) is 12.2. The summed E-state index contributed by atoms with van der Waals surface area (Å²) in [6.07, 6.45) is -0.148. The summed E-state index contributed by atoms with van der Waals surface area (Å²) in [7, 11) is 1.59. The number of hydrogen-bond acceptors (Lipinski definition) is 5. The van der Waals surface area contributed by atoms with Crippen LogP contribution in [0.15, 0.2) is 41.8 Å². The molecule has 2 aromatic rings. The number of ether oxygens (including phenoxy) is 2. The van der Waals surface area contributed by atoms with Gasteiger partial charge in [-0.1, -0.05) is 12.1 Å². The molecule has 1 aromatic carbocycles. The van der Waals surface area contributed by atoms with E-state index in [4.69, 9.17) is 9.47 Å². The molecule has 2 heterocycles. The lowest BCUT2D eigenvalue weighted by Gasteiger charge is -2.36. The predicted molar refractivity (Wildman–Crippen MR) is 97.2 cm³/mol. The molecular formula is C18H22N2O4S. The van der Waals surface area contributed by atoms with Gasteiger partial charge in [0.1, 0.15) is 5.75 Å². The number of methoxy groups -OCH3 is 1. The van der Waals surface area contributed by atoms with Gasteiger partial charge in [0.2, 0.25) is 0 Å². The van der Waals surface area contributed by atoms with Gasteiger partial charge >= 0.3 is 6.03 Å². The van der Waals surface area contributed by atoms with E-state index < -0.39 is 6.10 Å². The van der Waals surface area contributed by atoms with Crippen molar-refractivity contribution in [2.75, 3.05) is 32.2 Å². The Morgan fingerprint density at radius 3 is 3.12 bits per heavy atom. The summed E-state index contributed by atoms with van der Waals surface area (Å²) in [4.78, 5) is 15.3. The average molecular weight is 362 g/mol. The normalized spacial score (nSPS) is 18.6. The van der Waals surface area contributed by atoms with Crippen LogP contribution in [0.1, 0.15) is 17.4 Å². The fourth-order valence-electron chi connectivity index (χ4n) is 2.87. The molecule has 1 saturated heterocycles. The Morgan fingerprint density at radius 1 is 1.48 bits per heavy atom. The number of nitrogens with zero attached hydrogens (tertiary/aromatic N) is 1. The monoisotopic (exact) mass is 362 g/mol. The van der Waals surface area contributed by atoms with Gasteiger partial charge in [0.05, 0.1) is 32.5 Å². The van der Waals surface area contributed by atoms with Crippen molar-refractivity contribution in [1.29, 1.82) is 0 Å². The van der Waals surface area contributed by atoms with Crippen molar-refractivity contribution >= 4 is 23.1 Å². The predicted octanol–water partition coefficient (Wildman–Crippen LogP) is 3.11.